The molecular weight excluding hydrogens is 235 g/mol. The highest BCUT2D eigenvalue weighted by Gasteiger charge is 2.20. The first kappa shape index (κ1) is 10.7. The van der Waals surface area contributed by atoms with Gasteiger partial charge in [-0.15, -0.1) is 0 Å². The Hall–Kier alpha value is -0.770. The Kier molecular flexibility index (Phi) is 2.87. The first-order chi connectivity index (χ1) is 7.11. The third kappa shape index (κ3) is 1.83. The van der Waals surface area contributed by atoms with Crippen LogP contribution in [-0.4, -0.2) is 12.5 Å². The van der Waals surface area contributed by atoms with Gasteiger partial charge in [0.05, 0.1) is 15.6 Å². The van der Waals surface area contributed by atoms with E-state index in [0.29, 0.717) is 10.0 Å². The van der Waals surface area contributed by atoms with Crippen molar-refractivity contribution in [1.82, 2.24) is 5.32 Å². The van der Waals surface area contributed by atoms with Gasteiger partial charge in [0, 0.05) is 6.54 Å². The van der Waals surface area contributed by atoms with Crippen molar-refractivity contribution in [1.29, 1.82) is 0 Å². The van der Waals surface area contributed by atoms with Gasteiger partial charge in [-0.25, -0.2) is 0 Å². The van der Waals surface area contributed by atoms with Crippen molar-refractivity contribution in [2.24, 2.45) is 5.73 Å². The number of nitrogens with one attached hydrogen (secondary N) is 1. The molecular formula is C10H10Cl2N2O. The van der Waals surface area contributed by atoms with Crippen LogP contribution in [0.25, 0.3) is 0 Å². The summed E-state index contributed by atoms with van der Waals surface area (Å²) in [6, 6.07) is 1.76. The topological polar surface area (TPSA) is 55.1 Å². The van der Waals surface area contributed by atoms with E-state index in [-0.39, 0.29) is 5.56 Å². The van der Waals surface area contributed by atoms with Crippen molar-refractivity contribution in [3.8, 4) is 0 Å². The summed E-state index contributed by atoms with van der Waals surface area (Å²) in [6.45, 7) is 1.58. The maximum atomic E-state index is 11.2. The molecule has 2 rings (SSSR count). The van der Waals surface area contributed by atoms with E-state index in [2.05, 4.69) is 5.32 Å². The van der Waals surface area contributed by atoms with Crippen LogP contribution in [0.15, 0.2) is 6.07 Å². The van der Waals surface area contributed by atoms with Crippen LogP contribution in [0, 0.1) is 0 Å². The Labute approximate surface area is 97.5 Å². The number of carbonyl (C=O) groups is 1. The van der Waals surface area contributed by atoms with Crippen LogP contribution in [-0.2, 0) is 13.0 Å². The van der Waals surface area contributed by atoms with Crippen molar-refractivity contribution in [2.75, 3.05) is 6.54 Å². The molecule has 0 aliphatic carbocycles. The Morgan fingerprint density at radius 1 is 1.47 bits per heavy atom. The van der Waals surface area contributed by atoms with Gasteiger partial charge in [0.1, 0.15) is 0 Å². The maximum Gasteiger partial charge on any atom is 0.251 e. The van der Waals surface area contributed by atoms with Crippen molar-refractivity contribution in [2.45, 2.75) is 13.0 Å². The predicted molar refractivity (Wildman–Crippen MR) is 60.4 cm³/mol. The lowest BCUT2D eigenvalue weighted by molar-refractivity contribution is 0.100. The van der Waals surface area contributed by atoms with Crippen LogP contribution in [0.4, 0.5) is 0 Å². The fourth-order valence-electron chi connectivity index (χ4n) is 1.80. The molecule has 15 heavy (non-hydrogen) atoms. The molecule has 1 aliphatic rings. The molecule has 80 valence electrons. The summed E-state index contributed by atoms with van der Waals surface area (Å²) >= 11 is 12.1. The summed E-state index contributed by atoms with van der Waals surface area (Å²) in [5.41, 5.74) is 7.48. The highest BCUT2D eigenvalue weighted by atomic mass is 35.5. The van der Waals surface area contributed by atoms with E-state index in [1.165, 1.54) is 0 Å². The third-order valence-electron chi connectivity index (χ3n) is 2.53. The molecule has 0 saturated carbocycles. The fourth-order valence-corrected chi connectivity index (χ4v) is 2.58. The van der Waals surface area contributed by atoms with Crippen molar-refractivity contribution in [3.63, 3.8) is 0 Å². The maximum absolute atomic E-state index is 11.2. The van der Waals surface area contributed by atoms with E-state index in [1.807, 2.05) is 0 Å². The van der Waals surface area contributed by atoms with Crippen LogP contribution < -0.4 is 11.1 Å². The summed E-state index contributed by atoms with van der Waals surface area (Å²) in [4.78, 5) is 11.2. The number of amides is 1. The monoisotopic (exact) mass is 244 g/mol. The SMILES string of the molecule is NC(=O)c1c(Cl)cc2c(c1Cl)CCNC2. The molecule has 0 aromatic heterocycles. The molecule has 0 saturated heterocycles. The minimum atomic E-state index is -0.577. The standard InChI is InChI=1S/C10H10Cl2N2O/c11-7-3-5-4-14-2-1-6(5)9(12)8(7)10(13)15/h3,14H,1-2,4H2,(H2,13,15). The minimum absolute atomic E-state index is 0.235. The third-order valence-corrected chi connectivity index (χ3v) is 3.24. The first-order valence-electron chi connectivity index (χ1n) is 4.61. The van der Waals surface area contributed by atoms with Crippen molar-refractivity contribution >= 4 is 29.1 Å². The average molecular weight is 245 g/mol. The quantitative estimate of drug-likeness (QED) is 0.791. The van der Waals surface area contributed by atoms with Gasteiger partial charge in [0.25, 0.3) is 5.91 Å². The number of hydrogen-bond acceptors (Lipinski definition) is 2. The van der Waals surface area contributed by atoms with E-state index in [1.54, 1.807) is 6.07 Å². The predicted octanol–water partition coefficient (Wildman–Crippen LogP) is 1.74. The summed E-state index contributed by atoms with van der Waals surface area (Å²) in [6.07, 6.45) is 0.797. The lowest BCUT2D eigenvalue weighted by Crippen LogP contribution is -2.25. The number of hydrogen-bond donors (Lipinski definition) is 2. The zero-order valence-electron chi connectivity index (χ0n) is 7.94. The number of benzene rings is 1. The van der Waals surface area contributed by atoms with Gasteiger partial charge < -0.3 is 11.1 Å². The minimum Gasteiger partial charge on any atom is -0.366 e. The second kappa shape index (κ2) is 4.00. The summed E-state index contributed by atoms with van der Waals surface area (Å²) in [5, 5.41) is 3.95. The second-order valence-electron chi connectivity index (χ2n) is 3.48. The van der Waals surface area contributed by atoms with Gasteiger partial charge in [0.2, 0.25) is 0 Å². The van der Waals surface area contributed by atoms with Crippen molar-refractivity contribution in [3.05, 3.63) is 32.8 Å². The molecule has 1 aromatic carbocycles. The van der Waals surface area contributed by atoms with Crippen molar-refractivity contribution < 1.29 is 4.79 Å². The average Bonchev–Trinajstić information content (AvgIpc) is 2.17. The zero-order chi connectivity index (χ0) is 11.0. The number of rotatable bonds is 1. The van der Waals surface area contributed by atoms with Gasteiger partial charge in [-0.05, 0) is 30.2 Å². The molecule has 1 aromatic rings. The fraction of sp³-hybridized carbons (Fsp3) is 0.300. The number of halogens is 2. The number of nitrogens with two attached hydrogens (primary N) is 1. The molecule has 0 spiro atoms. The molecule has 1 heterocycles. The van der Waals surface area contributed by atoms with Crippen LogP contribution in [0.3, 0.4) is 0 Å². The second-order valence-corrected chi connectivity index (χ2v) is 4.26. The normalized spacial score (nSPS) is 14.8. The Balaban J connectivity index is 2.64. The molecule has 1 amide bonds. The molecule has 0 fully saturated rings. The van der Waals surface area contributed by atoms with Gasteiger partial charge >= 0.3 is 0 Å². The summed E-state index contributed by atoms with van der Waals surface area (Å²) in [7, 11) is 0. The van der Waals surface area contributed by atoms with E-state index in [0.717, 1.165) is 30.6 Å². The van der Waals surface area contributed by atoms with Crippen LogP contribution in [0.5, 0.6) is 0 Å². The number of fused-ring (bicyclic) bond motifs is 1. The van der Waals surface area contributed by atoms with Crippen LogP contribution >= 0.6 is 23.2 Å². The van der Waals surface area contributed by atoms with Gasteiger partial charge in [-0.3, -0.25) is 4.79 Å². The molecule has 0 atom stereocenters. The van der Waals surface area contributed by atoms with Gasteiger partial charge in [-0.2, -0.15) is 0 Å². The van der Waals surface area contributed by atoms with E-state index in [9.17, 15) is 4.79 Å². The van der Waals surface area contributed by atoms with E-state index in [4.69, 9.17) is 28.9 Å². The Bertz CT molecular complexity index is 432. The van der Waals surface area contributed by atoms with Gasteiger partial charge in [0.15, 0.2) is 0 Å². The lowest BCUT2D eigenvalue weighted by Gasteiger charge is -2.20. The molecule has 0 bridgehead atoms. The molecule has 5 heteroatoms. The summed E-state index contributed by atoms with van der Waals surface area (Å²) in [5.74, 6) is -0.577. The molecule has 3 nitrogen and oxygen atoms in total. The lowest BCUT2D eigenvalue weighted by atomic mass is 9.98. The Morgan fingerprint density at radius 2 is 2.20 bits per heavy atom. The number of primary amides is 1. The zero-order valence-corrected chi connectivity index (χ0v) is 9.45. The smallest absolute Gasteiger partial charge is 0.251 e. The molecule has 0 unspecified atom stereocenters. The van der Waals surface area contributed by atoms with E-state index >= 15 is 0 Å². The van der Waals surface area contributed by atoms with Crippen LogP contribution in [0.1, 0.15) is 21.5 Å². The Morgan fingerprint density at radius 3 is 2.87 bits per heavy atom. The number of carbonyl (C=O) groups excluding carboxylic acids is 1. The van der Waals surface area contributed by atoms with Crippen LogP contribution in [0.2, 0.25) is 10.0 Å². The van der Waals surface area contributed by atoms with E-state index < -0.39 is 5.91 Å². The highest BCUT2D eigenvalue weighted by Crippen LogP contribution is 2.32. The molecule has 0 radical (unpaired) electrons. The van der Waals surface area contributed by atoms with Gasteiger partial charge in [-0.1, -0.05) is 23.2 Å². The largest absolute Gasteiger partial charge is 0.366 e. The molecule has 1 aliphatic heterocycles. The highest BCUT2D eigenvalue weighted by molar-refractivity contribution is 6.40. The first-order valence-corrected chi connectivity index (χ1v) is 5.37. The molecule has 3 N–H and O–H groups in total. The summed E-state index contributed by atoms with van der Waals surface area (Å²) < 4.78 is 0.